The van der Waals surface area contributed by atoms with E-state index in [0.717, 1.165) is 10.4 Å². The van der Waals surface area contributed by atoms with E-state index in [2.05, 4.69) is 46.3 Å². The Morgan fingerprint density at radius 1 is 0.706 bits per heavy atom. The average molecular weight is 497 g/mol. The Bertz CT molecular complexity index is 931. The van der Waals surface area contributed by atoms with Gasteiger partial charge < -0.3 is 0 Å². The summed E-state index contributed by atoms with van der Waals surface area (Å²) in [5, 5.41) is 2.27. The summed E-state index contributed by atoms with van der Waals surface area (Å²) in [6.07, 6.45) is -0.268. The molecule has 0 saturated heterocycles. The molecule has 0 aliphatic rings. The van der Waals surface area contributed by atoms with Gasteiger partial charge in [-0.2, -0.15) is 0 Å². The Balaban J connectivity index is 1.94. The average Bonchev–Trinajstić information content (AvgIpc) is 2.83. The molecule has 2 aromatic rings. The van der Waals surface area contributed by atoms with E-state index in [1.165, 1.54) is 0 Å². The van der Waals surface area contributed by atoms with Crippen LogP contribution in [0.4, 0.5) is 0 Å². The minimum Gasteiger partial charge on any atom is -0.289 e. The van der Waals surface area contributed by atoms with Crippen LogP contribution in [0.15, 0.2) is 73.1 Å². The zero-order valence-corrected chi connectivity index (χ0v) is 22.4. The van der Waals surface area contributed by atoms with Crippen LogP contribution in [0, 0.1) is 19.1 Å². The smallest absolute Gasteiger partial charge is 0.289 e. The van der Waals surface area contributed by atoms with Crippen LogP contribution >= 0.6 is 0 Å². The van der Waals surface area contributed by atoms with Crippen molar-refractivity contribution in [1.82, 2.24) is 0 Å². The Kier molecular flexibility index (Phi) is 9.34. The Labute approximate surface area is 204 Å². The van der Waals surface area contributed by atoms with Gasteiger partial charge in [0, 0.05) is 5.92 Å². The first-order chi connectivity index (χ1) is 15.9. The number of hydrogen-bond donors (Lipinski definition) is 0. The maximum Gasteiger partial charge on any atom is 0.373 e. The van der Waals surface area contributed by atoms with Gasteiger partial charge in [0.25, 0.3) is 0 Å². The molecule has 0 heterocycles. The van der Waals surface area contributed by atoms with Gasteiger partial charge in [0.15, 0.2) is 0 Å². The van der Waals surface area contributed by atoms with Crippen molar-refractivity contribution in [2.75, 3.05) is 0 Å². The summed E-state index contributed by atoms with van der Waals surface area (Å²) in [5.41, 5.74) is 4.54. The topological polar surface area (TPSA) is 71.1 Å². The molecule has 0 aromatic heterocycles. The van der Waals surface area contributed by atoms with E-state index >= 15 is 0 Å². The first-order valence-corrected chi connectivity index (χ1v) is 17.0. The van der Waals surface area contributed by atoms with Crippen molar-refractivity contribution in [2.45, 2.75) is 33.1 Å². The lowest BCUT2D eigenvalue weighted by atomic mass is 10.2. The van der Waals surface area contributed by atoms with Gasteiger partial charge in [-0.25, -0.2) is 9.59 Å². The molecule has 0 amide bonds. The van der Waals surface area contributed by atoms with Gasteiger partial charge >= 0.3 is 18.2 Å². The van der Waals surface area contributed by atoms with E-state index in [4.69, 9.17) is 19.6 Å². The molecule has 2 radical (unpaired) electrons. The molecule has 2 rings (SSSR count). The molecule has 1 atom stereocenters. The molecule has 0 saturated carbocycles. The Morgan fingerprint density at radius 2 is 1.03 bits per heavy atom. The molecular weight excluding hydrogens is 464 g/mol. The van der Waals surface area contributed by atoms with Crippen LogP contribution < -0.4 is 10.4 Å². The summed E-state index contributed by atoms with van der Waals surface area (Å²) in [5.74, 6) is -2.03. The van der Waals surface area contributed by atoms with Crippen LogP contribution in [-0.2, 0) is 19.6 Å². The number of carbonyl (C=O) groups is 2. The van der Waals surface area contributed by atoms with Gasteiger partial charge in [0.2, 0.25) is 0 Å². The molecule has 0 aliphatic carbocycles. The molecule has 180 valence electrons. The number of rotatable bonds is 11. The highest BCUT2D eigenvalue weighted by atomic mass is 28.3. The summed E-state index contributed by atoms with van der Waals surface area (Å²) >= 11 is 0. The summed E-state index contributed by atoms with van der Waals surface area (Å²) in [4.78, 5) is 44.4. The van der Waals surface area contributed by atoms with E-state index in [-0.39, 0.29) is 6.29 Å². The lowest BCUT2D eigenvalue weighted by Crippen LogP contribution is -2.39. The third-order valence-corrected chi connectivity index (χ3v) is 11.2. The molecule has 0 bridgehead atoms. The van der Waals surface area contributed by atoms with Crippen molar-refractivity contribution in [3.05, 3.63) is 97.4 Å². The SMILES string of the molecule is [CH2]C(C)[C](OOC(=O)c1ccc([Si](C)(C)C=C)cc1)OOC(=O)c1ccc([Si](C)(C)C=C)cc1. The first-order valence-electron chi connectivity index (χ1n) is 10.9. The molecule has 0 fully saturated rings. The third-order valence-electron chi connectivity index (χ3n) is 5.55. The fraction of sp³-hybridized carbons (Fsp3) is 0.231. The highest BCUT2D eigenvalue weighted by Gasteiger charge is 2.26. The van der Waals surface area contributed by atoms with Crippen LogP contribution in [-0.4, -0.2) is 28.1 Å². The van der Waals surface area contributed by atoms with Crippen LogP contribution in [0.5, 0.6) is 0 Å². The van der Waals surface area contributed by atoms with Crippen molar-refractivity contribution in [3.8, 4) is 0 Å². The van der Waals surface area contributed by atoms with E-state index in [0.29, 0.717) is 11.1 Å². The van der Waals surface area contributed by atoms with Crippen molar-refractivity contribution in [1.29, 1.82) is 0 Å². The highest BCUT2D eigenvalue weighted by molar-refractivity contribution is 6.94. The first kappa shape index (κ1) is 27.5. The monoisotopic (exact) mass is 496 g/mol. The van der Waals surface area contributed by atoms with Crippen molar-refractivity contribution >= 4 is 38.5 Å². The van der Waals surface area contributed by atoms with E-state index < -0.39 is 34.0 Å². The quantitative estimate of drug-likeness (QED) is 0.253. The predicted octanol–water partition coefficient (Wildman–Crippen LogP) is 4.80. The molecule has 0 aliphatic heterocycles. The van der Waals surface area contributed by atoms with Crippen molar-refractivity contribution in [2.24, 2.45) is 5.92 Å². The lowest BCUT2D eigenvalue weighted by molar-refractivity contribution is -0.369. The summed E-state index contributed by atoms with van der Waals surface area (Å²) < 4.78 is 0. The predicted molar refractivity (Wildman–Crippen MR) is 138 cm³/mol. The molecule has 2 aromatic carbocycles. The Morgan fingerprint density at radius 3 is 1.29 bits per heavy atom. The number of hydrogen-bond acceptors (Lipinski definition) is 6. The second-order valence-electron chi connectivity index (χ2n) is 9.13. The maximum absolute atomic E-state index is 12.3. The summed E-state index contributed by atoms with van der Waals surface area (Å²) in [6.45, 7) is 21.8. The van der Waals surface area contributed by atoms with Gasteiger partial charge in [-0.05, 0) is 31.2 Å². The Hall–Kier alpha value is -2.79. The fourth-order valence-corrected chi connectivity index (χ4v) is 5.26. The maximum atomic E-state index is 12.3. The summed E-state index contributed by atoms with van der Waals surface area (Å²) in [6, 6.07) is 14.1. The molecule has 0 spiro atoms. The van der Waals surface area contributed by atoms with Crippen molar-refractivity contribution < 1.29 is 29.1 Å². The largest absolute Gasteiger partial charge is 0.373 e. The van der Waals surface area contributed by atoms with Gasteiger partial charge in [-0.3, -0.25) is 9.78 Å². The van der Waals surface area contributed by atoms with Crippen molar-refractivity contribution in [3.63, 3.8) is 0 Å². The van der Waals surface area contributed by atoms with E-state index in [1.54, 1.807) is 31.2 Å². The summed E-state index contributed by atoms with van der Waals surface area (Å²) in [7, 11) is -3.46. The van der Waals surface area contributed by atoms with E-state index in [1.807, 2.05) is 35.7 Å². The van der Waals surface area contributed by atoms with Gasteiger partial charge in [0.05, 0.1) is 11.1 Å². The minimum atomic E-state index is -1.73. The zero-order valence-electron chi connectivity index (χ0n) is 20.4. The second-order valence-corrected chi connectivity index (χ2v) is 18.0. The van der Waals surface area contributed by atoms with Gasteiger partial charge in [0.1, 0.15) is 16.1 Å². The molecule has 6 nitrogen and oxygen atoms in total. The number of benzene rings is 2. The molecule has 0 N–H and O–H groups in total. The zero-order chi connectivity index (χ0) is 25.5. The van der Waals surface area contributed by atoms with Gasteiger partial charge in [-0.15, -0.1) is 22.9 Å². The molecule has 8 heteroatoms. The minimum absolute atomic E-state index is 0.268. The number of carbonyl (C=O) groups excluding carboxylic acids is 2. The lowest BCUT2D eigenvalue weighted by Gasteiger charge is -2.18. The molecule has 34 heavy (non-hydrogen) atoms. The molecular formula is C26H32O6Si2. The highest BCUT2D eigenvalue weighted by Crippen LogP contribution is 2.19. The van der Waals surface area contributed by atoms with E-state index in [9.17, 15) is 9.59 Å². The van der Waals surface area contributed by atoms with Crippen LogP contribution in [0.3, 0.4) is 0 Å². The fourth-order valence-electron chi connectivity index (χ4n) is 2.74. The molecule has 1 unspecified atom stereocenters. The second kappa shape index (κ2) is 11.6. The van der Waals surface area contributed by atoms with Crippen LogP contribution in [0.1, 0.15) is 27.6 Å². The standard InChI is InChI=1S/C26H32O6Si2/c1-9-33(5,6)22-15-11-20(12-16-22)24(27)29-31-26(19(3)4)32-30-25(28)21-13-17-23(18-14-21)34(7,8)10-2/h9-19H,1-3H2,4-8H3. The van der Waals surface area contributed by atoms with Crippen LogP contribution in [0.25, 0.3) is 0 Å². The van der Waals surface area contributed by atoms with Crippen LogP contribution in [0.2, 0.25) is 26.2 Å². The third kappa shape index (κ3) is 7.10. The normalized spacial score (nSPS) is 11.9. The van der Waals surface area contributed by atoms with Gasteiger partial charge in [-0.1, -0.05) is 79.1 Å².